The normalized spacial score (nSPS) is 14.1. The molecular formula is C13H20N2O4. The number of aliphatic hydroxyl groups is 1. The van der Waals surface area contributed by atoms with E-state index in [9.17, 15) is 10.1 Å². The molecule has 106 valence electrons. The van der Waals surface area contributed by atoms with Gasteiger partial charge in [0.2, 0.25) is 0 Å². The minimum absolute atomic E-state index is 0.0372. The number of benzene rings is 1. The Morgan fingerprint density at radius 1 is 1.47 bits per heavy atom. The maximum absolute atomic E-state index is 11.0. The van der Waals surface area contributed by atoms with Crippen molar-refractivity contribution in [2.75, 3.05) is 20.3 Å². The molecule has 0 heterocycles. The third kappa shape index (κ3) is 4.59. The Morgan fingerprint density at radius 3 is 2.74 bits per heavy atom. The Kier molecular flexibility index (Phi) is 6.41. The van der Waals surface area contributed by atoms with Crippen molar-refractivity contribution in [3.05, 3.63) is 39.9 Å². The van der Waals surface area contributed by atoms with E-state index in [4.69, 9.17) is 9.84 Å². The molecule has 2 unspecified atom stereocenters. The third-order valence-electron chi connectivity index (χ3n) is 2.93. The second-order valence-corrected chi connectivity index (χ2v) is 4.37. The van der Waals surface area contributed by atoms with Gasteiger partial charge >= 0.3 is 0 Å². The lowest BCUT2D eigenvalue weighted by atomic mass is 10.0. The van der Waals surface area contributed by atoms with Crippen molar-refractivity contribution in [2.45, 2.75) is 25.4 Å². The van der Waals surface area contributed by atoms with Gasteiger partial charge in [0.1, 0.15) is 0 Å². The fourth-order valence-corrected chi connectivity index (χ4v) is 2.04. The molecule has 1 aromatic carbocycles. The lowest BCUT2D eigenvalue weighted by molar-refractivity contribution is -0.385. The molecule has 0 saturated heterocycles. The standard InChI is InChI=1S/C13H20N2O4/c1-10(14-11(7-8-16)9-19-2)12-5-3-4-6-13(12)15(17)18/h3-6,10-11,14,16H,7-9H2,1-2H3. The van der Waals surface area contributed by atoms with Crippen molar-refractivity contribution in [2.24, 2.45) is 0 Å². The SMILES string of the molecule is COCC(CCO)NC(C)c1ccccc1[N+](=O)[O-]. The van der Waals surface area contributed by atoms with Crippen LogP contribution in [0.1, 0.15) is 24.9 Å². The van der Waals surface area contributed by atoms with Crippen LogP contribution >= 0.6 is 0 Å². The molecule has 1 rings (SSSR count). The second-order valence-electron chi connectivity index (χ2n) is 4.37. The van der Waals surface area contributed by atoms with Crippen molar-refractivity contribution in [1.29, 1.82) is 0 Å². The predicted molar refractivity (Wildman–Crippen MR) is 72.0 cm³/mol. The van der Waals surface area contributed by atoms with Gasteiger partial charge in [-0.05, 0) is 13.3 Å². The highest BCUT2D eigenvalue weighted by atomic mass is 16.6. The zero-order valence-electron chi connectivity index (χ0n) is 11.2. The summed E-state index contributed by atoms with van der Waals surface area (Å²) in [5.74, 6) is 0. The molecule has 1 aromatic rings. The van der Waals surface area contributed by atoms with E-state index < -0.39 is 0 Å². The van der Waals surface area contributed by atoms with E-state index in [1.807, 2.05) is 6.92 Å². The van der Waals surface area contributed by atoms with Crippen LogP contribution in [0.4, 0.5) is 5.69 Å². The number of nitrogens with one attached hydrogen (secondary N) is 1. The van der Waals surface area contributed by atoms with Crippen molar-refractivity contribution >= 4 is 5.69 Å². The second kappa shape index (κ2) is 7.83. The number of methoxy groups -OCH3 is 1. The lowest BCUT2D eigenvalue weighted by Gasteiger charge is -2.22. The fraction of sp³-hybridized carbons (Fsp3) is 0.538. The number of nitro groups is 1. The number of nitro benzene ring substituents is 1. The van der Waals surface area contributed by atoms with E-state index in [-0.39, 0.29) is 29.3 Å². The van der Waals surface area contributed by atoms with Crippen LogP contribution in [0.15, 0.2) is 24.3 Å². The van der Waals surface area contributed by atoms with E-state index in [0.29, 0.717) is 18.6 Å². The van der Waals surface area contributed by atoms with Gasteiger partial charge in [0.15, 0.2) is 0 Å². The molecule has 0 bridgehead atoms. The van der Waals surface area contributed by atoms with Crippen LogP contribution in [0.2, 0.25) is 0 Å². The van der Waals surface area contributed by atoms with Crippen LogP contribution in [0.25, 0.3) is 0 Å². The zero-order valence-corrected chi connectivity index (χ0v) is 11.2. The van der Waals surface area contributed by atoms with Gasteiger partial charge < -0.3 is 15.2 Å². The van der Waals surface area contributed by atoms with Gasteiger partial charge in [-0.25, -0.2) is 0 Å². The summed E-state index contributed by atoms with van der Waals surface area (Å²) in [6.07, 6.45) is 0.540. The summed E-state index contributed by atoms with van der Waals surface area (Å²) in [6, 6.07) is 6.42. The van der Waals surface area contributed by atoms with Crippen molar-refractivity contribution in [3.8, 4) is 0 Å². The molecule has 0 aliphatic heterocycles. The molecular weight excluding hydrogens is 248 g/mol. The summed E-state index contributed by atoms with van der Waals surface area (Å²) in [6.45, 7) is 2.36. The van der Waals surface area contributed by atoms with Gasteiger partial charge in [-0.1, -0.05) is 18.2 Å². The Morgan fingerprint density at radius 2 is 2.16 bits per heavy atom. The number of hydrogen-bond donors (Lipinski definition) is 2. The van der Waals surface area contributed by atoms with Crippen LogP contribution in [0.5, 0.6) is 0 Å². The molecule has 6 nitrogen and oxygen atoms in total. The Hall–Kier alpha value is -1.50. The highest BCUT2D eigenvalue weighted by Gasteiger charge is 2.20. The molecule has 19 heavy (non-hydrogen) atoms. The van der Waals surface area contributed by atoms with Gasteiger partial charge in [0.05, 0.1) is 11.5 Å². The number of para-hydroxylation sites is 1. The van der Waals surface area contributed by atoms with Gasteiger partial charge in [0, 0.05) is 37.4 Å². The average molecular weight is 268 g/mol. The molecule has 2 N–H and O–H groups in total. The first-order valence-corrected chi connectivity index (χ1v) is 6.19. The molecule has 0 amide bonds. The molecule has 0 aliphatic rings. The lowest BCUT2D eigenvalue weighted by Crippen LogP contribution is -2.36. The maximum Gasteiger partial charge on any atom is 0.274 e. The molecule has 0 aliphatic carbocycles. The van der Waals surface area contributed by atoms with Crippen LogP contribution in [0.3, 0.4) is 0 Å². The molecule has 2 atom stereocenters. The summed E-state index contributed by atoms with van der Waals surface area (Å²) < 4.78 is 5.06. The minimum Gasteiger partial charge on any atom is -0.396 e. The largest absolute Gasteiger partial charge is 0.396 e. The van der Waals surface area contributed by atoms with Crippen molar-refractivity contribution < 1.29 is 14.8 Å². The molecule has 0 aromatic heterocycles. The summed E-state index contributed by atoms with van der Waals surface area (Å²) >= 11 is 0. The van der Waals surface area contributed by atoms with E-state index in [1.54, 1.807) is 25.3 Å². The van der Waals surface area contributed by atoms with Crippen LogP contribution in [0, 0.1) is 10.1 Å². The number of rotatable bonds is 8. The van der Waals surface area contributed by atoms with Crippen LogP contribution in [-0.4, -0.2) is 36.4 Å². The van der Waals surface area contributed by atoms with Crippen LogP contribution in [-0.2, 0) is 4.74 Å². The first kappa shape index (κ1) is 15.6. The summed E-state index contributed by atoms with van der Waals surface area (Å²) in [5.41, 5.74) is 0.731. The molecule has 0 fully saturated rings. The maximum atomic E-state index is 11.0. The molecule has 6 heteroatoms. The first-order chi connectivity index (χ1) is 9.10. The number of aliphatic hydroxyl groups excluding tert-OH is 1. The number of ether oxygens (including phenoxy) is 1. The van der Waals surface area contributed by atoms with E-state index in [1.165, 1.54) is 6.07 Å². The number of nitrogens with zero attached hydrogens (tertiary/aromatic N) is 1. The summed E-state index contributed by atoms with van der Waals surface area (Å²) in [5, 5.41) is 23.2. The smallest absolute Gasteiger partial charge is 0.274 e. The number of hydrogen-bond acceptors (Lipinski definition) is 5. The monoisotopic (exact) mass is 268 g/mol. The molecule has 0 spiro atoms. The zero-order chi connectivity index (χ0) is 14.3. The van der Waals surface area contributed by atoms with Gasteiger partial charge in [-0.2, -0.15) is 0 Å². The van der Waals surface area contributed by atoms with Gasteiger partial charge in [-0.15, -0.1) is 0 Å². The third-order valence-corrected chi connectivity index (χ3v) is 2.93. The van der Waals surface area contributed by atoms with Gasteiger partial charge in [-0.3, -0.25) is 10.1 Å². The summed E-state index contributed by atoms with van der Waals surface area (Å²) in [7, 11) is 1.59. The predicted octanol–water partition coefficient (Wildman–Crippen LogP) is 1.64. The van der Waals surface area contributed by atoms with Crippen molar-refractivity contribution in [1.82, 2.24) is 5.32 Å². The highest BCUT2D eigenvalue weighted by Crippen LogP contribution is 2.24. The van der Waals surface area contributed by atoms with Crippen LogP contribution < -0.4 is 5.32 Å². The Labute approximate surface area is 112 Å². The van der Waals surface area contributed by atoms with E-state index >= 15 is 0 Å². The van der Waals surface area contributed by atoms with E-state index in [2.05, 4.69) is 5.32 Å². The first-order valence-electron chi connectivity index (χ1n) is 6.19. The van der Waals surface area contributed by atoms with Gasteiger partial charge in [0.25, 0.3) is 5.69 Å². The Balaban J connectivity index is 2.81. The molecule has 0 saturated carbocycles. The van der Waals surface area contributed by atoms with Crippen molar-refractivity contribution in [3.63, 3.8) is 0 Å². The topological polar surface area (TPSA) is 84.6 Å². The molecule has 0 radical (unpaired) electrons. The highest BCUT2D eigenvalue weighted by molar-refractivity contribution is 5.41. The summed E-state index contributed by atoms with van der Waals surface area (Å²) in [4.78, 5) is 10.6. The average Bonchev–Trinajstić information content (AvgIpc) is 2.39. The minimum atomic E-state index is -0.384. The fourth-order valence-electron chi connectivity index (χ4n) is 2.04. The quantitative estimate of drug-likeness (QED) is 0.553. The Bertz CT molecular complexity index is 405. The van der Waals surface area contributed by atoms with E-state index in [0.717, 1.165) is 0 Å².